The van der Waals surface area contributed by atoms with Crippen molar-refractivity contribution in [3.05, 3.63) is 53.6 Å². The van der Waals surface area contributed by atoms with Crippen LogP contribution in [0.2, 0.25) is 0 Å². The van der Waals surface area contributed by atoms with Gasteiger partial charge in [-0.2, -0.15) is 0 Å². The number of hydrogen-bond acceptors (Lipinski definition) is 3. The van der Waals surface area contributed by atoms with E-state index in [4.69, 9.17) is 10.5 Å². The number of nitrogens with two attached hydrogens (primary N) is 1. The van der Waals surface area contributed by atoms with Gasteiger partial charge >= 0.3 is 0 Å². The van der Waals surface area contributed by atoms with Gasteiger partial charge in [-0.3, -0.25) is 4.79 Å². The highest BCUT2D eigenvalue weighted by atomic mass is 16.5. The molecule has 1 amide bonds. The molecule has 2 N–H and O–H groups in total. The first-order valence-electron chi connectivity index (χ1n) is 6.78. The fourth-order valence-electron chi connectivity index (χ4n) is 2.19. The second-order valence-electron chi connectivity index (χ2n) is 4.63. The van der Waals surface area contributed by atoms with E-state index in [1.807, 2.05) is 24.4 Å². The maximum absolute atomic E-state index is 10.8. The van der Waals surface area contributed by atoms with Gasteiger partial charge in [0.1, 0.15) is 11.6 Å². The Morgan fingerprint density at radius 1 is 1.48 bits per heavy atom. The molecule has 0 aliphatic heterocycles. The summed E-state index contributed by atoms with van der Waals surface area (Å²) in [6.45, 7) is 2.74. The predicted octanol–water partition coefficient (Wildman–Crippen LogP) is 2.00. The van der Waals surface area contributed by atoms with E-state index in [1.165, 1.54) is 6.08 Å². The molecule has 1 heterocycles. The Kier molecular flexibility index (Phi) is 4.77. The maximum atomic E-state index is 10.8. The van der Waals surface area contributed by atoms with Crippen LogP contribution < -0.4 is 10.5 Å². The fraction of sp³-hybridized carbons (Fsp3) is 0.250. The summed E-state index contributed by atoms with van der Waals surface area (Å²) in [6.07, 6.45) is 7.66. The third-order valence-corrected chi connectivity index (χ3v) is 3.20. The van der Waals surface area contributed by atoms with E-state index < -0.39 is 5.91 Å². The van der Waals surface area contributed by atoms with E-state index in [2.05, 4.69) is 16.5 Å². The highest BCUT2D eigenvalue weighted by molar-refractivity contribution is 5.90. The largest absolute Gasteiger partial charge is 0.496 e. The van der Waals surface area contributed by atoms with Crippen molar-refractivity contribution >= 4 is 12.0 Å². The van der Waals surface area contributed by atoms with E-state index >= 15 is 0 Å². The number of carbonyl (C=O) groups is 1. The van der Waals surface area contributed by atoms with Gasteiger partial charge in [-0.1, -0.05) is 13.0 Å². The molecule has 5 heteroatoms. The van der Waals surface area contributed by atoms with Crippen molar-refractivity contribution in [1.82, 2.24) is 9.55 Å². The lowest BCUT2D eigenvalue weighted by atomic mass is 10.1. The molecular weight excluding hydrogens is 266 g/mol. The van der Waals surface area contributed by atoms with Gasteiger partial charge in [0, 0.05) is 30.5 Å². The summed E-state index contributed by atoms with van der Waals surface area (Å²) in [5, 5.41) is 0. The number of amides is 1. The molecule has 1 aromatic carbocycles. The van der Waals surface area contributed by atoms with Crippen LogP contribution in [0.4, 0.5) is 0 Å². The molecule has 0 atom stereocenters. The van der Waals surface area contributed by atoms with Crippen molar-refractivity contribution in [2.75, 3.05) is 7.11 Å². The average Bonchev–Trinajstić information content (AvgIpc) is 2.92. The molecular formula is C16H19N3O2. The molecule has 1 aromatic heterocycles. The molecule has 0 aliphatic carbocycles. The summed E-state index contributed by atoms with van der Waals surface area (Å²) in [4.78, 5) is 15.1. The zero-order valence-corrected chi connectivity index (χ0v) is 12.2. The first kappa shape index (κ1) is 14.8. The standard InChI is InChI=1S/C16H19N3O2/c1-3-16-18-8-9-19(16)11-13-10-12(5-7-15(17)20)4-6-14(13)21-2/h4-10H,3,11H2,1-2H3,(H2,17,20)/b7-5-. The number of aromatic nitrogens is 2. The number of aryl methyl sites for hydroxylation is 1. The summed E-state index contributed by atoms with van der Waals surface area (Å²) in [7, 11) is 1.65. The monoisotopic (exact) mass is 285 g/mol. The molecule has 0 radical (unpaired) electrons. The summed E-state index contributed by atoms with van der Waals surface area (Å²) >= 11 is 0. The van der Waals surface area contributed by atoms with Crippen molar-refractivity contribution in [2.24, 2.45) is 5.73 Å². The van der Waals surface area contributed by atoms with Crippen molar-refractivity contribution in [1.29, 1.82) is 0 Å². The van der Waals surface area contributed by atoms with Gasteiger partial charge in [-0.05, 0) is 23.8 Å². The van der Waals surface area contributed by atoms with E-state index in [-0.39, 0.29) is 0 Å². The SMILES string of the molecule is CCc1nccn1Cc1cc(/C=C\C(N)=O)ccc1OC. The number of primary amides is 1. The number of methoxy groups -OCH3 is 1. The van der Waals surface area contributed by atoms with Gasteiger partial charge in [0.05, 0.1) is 13.7 Å². The zero-order valence-electron chi connectivity index (χ0n) is 12.2. The third-order valence-electron chi connectivity index (χ3n) is 3.20. The Bertz CT molecular complexity index is 659. The van der Waals surface area contributed by atoms with Crippen molar-refractivity contribution in [2.45, 2.75) is 19.9 Å². The first-order valence-corrected chi connectivity index (χ1v) is 6.78. The van der Waals surface area contributed by atoms with Crippen LogP contribution >= 0.6 is 0 Å². The predicted molar refractivity (Wildman–Crippen MR) is 81.9 cm³/mol. The minimum atomic E-state index is -0.463. The second kappa shape index (κ2) is 6.74. The van der Waals surface area contributed by atoms with Gasteiger partial charge in [0.2, 0.25) is 5.91 Å². The number of hydrogen-bond donors (Lipinski definition) is 1. The van der Waals surface area contributed by atoms with Crippen molar-refractivity contribution < 1.29 is 9.53 Å². The lowest BCUT2D eigenvalue weighted by Gasteiger charge is -2.12. The summed E-state index contributed by atoms with van der Waals surface area (Å²) < 4.78 is 7.48. The van der Waals surface area contributed by atoms with Gasteiger partial charge in [0.15, 0.2) is 0 Å². The summed E-state index contributed by atoms with van der Waals surface area (Å²) in [5.74, 6) is 1.37. The smallest absolute Gasteiger partial charge is 0.241 e. The molecule has 5 nitrogen and oxygen atoms in total. The minimum absolute atomic E-state index is 0.463. The van der Waals surface area contributed by atoms with Crippen LogP contribution in [0, 0.1) is 0 Å². The van der Waals surface area contributed by atoms with Crippen LogP contribution in [-0.2, 0) is 17.8 Å². The average molecular weight is 285 g/mol. The normalized spacial score (nSPS) is 11.0. The van der Waals surface area contributed by atoms with Crippen LogP contribution in [0.5, 0.6) is 5.75 Å². The molecule has 110 valence electrons. The summed E-state index contributed by atoms with van der Waals surface area (Å²) in [5.41, 5.74) is 7.05. The molecule has 0 bridgehead atoms. The van der Waals surface area contributed by atoms with Gasteiger partial charge in [-0.15, -0.1) is 0 Å². The van der Waals surface area contributed by atoms with Crippen molar-refractivity contribution in [3.8, 4) is 5.75 Å². The van der Waals surface area contributed by atoms with Crippen LogP contribution in [0.15, 0.2) is 36.7 Å². The van der Waals surface area contributed by atoms with Gasteiger partial charge in [-0.25, -0.2) is 4.98 Å². The number of ether oxygens (including phenoxy) is 1. The number of rotatable bonds is 6. The van der Waals surface area contributed by atoms with E-state index in [1.54, 1.807) is 19.4 Å². The first-order chi connectivity index (χ1) is 10.1. The Hall–Kier alpha value is -2.56. The second-order valence-corrected chi connectivity index (χ2v) is 4.63. The molecule has 2 rings (SSSR count). The molecule has 21 heavy (non-hydrogen) atoms. The Morgan fingerprint density at radius 2 is 2.29 bits per heavy atom. The lowest BCUT2D eigenvalue weighted by Crippen LogP contribution is -2.06. The zero-order chi connectivity index (χ0) is 15.2. The number of benzene rings is 1. The Balaban J connectivity index is 2.32. The highest BCUT2D eigenvalue weighted by Crippen LogP contribution is 2.22. The van der Waals surface area contributed by atoms with Crippen LogP contribution in [0.3, 0.4) is 0 Å². The summed E-state index contributed by atoms with van der Waals surface area (Å²) in [6, 6.07) is 5.76. The fourth-order valence-corrected chi connectivity index (χ4v) is 2.19. The van der Waals surface area contributed by atoms with Gasteiger partial charge < -0.3 is 15.0 Å². The molecule has 0 unspecified atom stereocenters. The lowest BCUT2D eigenvalue weighted by molar-refractivity contribution is -0.113. The van der Waals surface area contributed by atoms with Crippen LogP contribution in [0.1, 0.15) is 23.9 Å². The quantitative estimate of drug-likeness (QED) is 0.825. The maximum Gasteiger partial charge on any atom is 0.241 e. The van der Waals surface area contributed by atoms with E-state index in [0.717, 1.165) is 29.1 Å². The topological polar surface area (TPSA) is 70.1 Å². The van der Waals surface area contributed by atoms with Crippen LogP contribution in [0.25, 0.3) is 6.08 Å². The molecule has 2 aromatic rings. The van der Waals surface area contributed by atoms with E-state index in [9.17, 15) is 4.79 Å². The minimum Gasteiger partial charge on any atom is -0.496 e. The highest BCUT2D eigenvalue weighted by Gasteiger charge is 2.07. The number of imidazole rings is 1. The number of nitrogens with zero attached hydrogens (tertiary/aromatic N) is 2. The van der Waals surface area contributed by atoms with Crippen molar-refractivity contribution in [3.63, 3.8) is 0 Å². The Labute approximate surface area is 124 Å². The van der Waals surface area contributed by atoms with E-state index in [0.29, 0.717) is 6.54 Å². The van der Waals surface area contributed by atoms with Crippen LogP contribution in [-0.4, -0.2) is 22.6 Å². The Morgan fingerprint density at radius 3 is 2.95 bits per heavy atom. The molecule has 0 saturated heterocycles. The molecule has 0 aliphatic rings. The van der Waals surface area contributed by atoms with Gasteiger partial charge in [0.25, 0.3) is 0 Å². The third kappa shape index (κ3) is 3.72. The molecule has 0 spiro atoms. The number of carbonyl (C=O) groups excluding carboxylic acids is 1. The molecule has 0 fully saturated rings. The molecule has 0 saturated carbocycles.